The van der Waals surface area contributed by atoms with Crippen LogP contribution < -0.4 is 0 Å². The van der Waals surface area contributed by atoms with E-state index >= 15 is 0 Å². The summed E-state index contributed by atoms with van der Waals surface area (Å²) in [4.78, 5) is 25.2. The molecule has 0 radical (unpaired) electrons. The Hall–Kier alpha value is -0.630. The minimum atomic E-state index is -0.827. The SMILES string of the molecule is CC1CN(C(=O)c2cc(Br)ccc2I)CC1C(=O)O. The van der Waals surface area contributed by atoms with Gasteiger partial charge in [-0.25, -0.2) is 0 Å². The van der Waals surface area contributed by atoms with E-state index in [4.69, 9.17) is 5.11 Å². The first kappa shape index (κ1) is 14.8. The van der Waals surface area contributed by atoms with Crippen LogP contribution in [0.3, 0.4) is 0 Å². The van der Waals surface area contributed by atoms with E-state index in [2.05, 4.69) is 38.5 Å². The van der Waals surface area contributed by atoms with Gasteiger partial charge in [0.15, 0.2) is 0 Å². The smallest absolute Gasteiger partial charge is 0.308 e. The molecule has 0 saturated carbocycles. The molecule has 19 heavy (non-hydrogen) atoms. The molecule has 0 aromatic heterocycles. The van der Waals surface area contributed by atoms with Crippen LogP contribution in [0.15, 0.2) is 22.7 Å². The van der Waals surface area contributed by atoms with Crippen molar-refractivity contribution in [2.24, 2.45) is 11.8 Å². The molecule has 1 aliphatic heterocycles. The number of carboxylic acids is 1. The van der Waals surface area contributed by atoms with Crippen LogP contribution in [-0.2, 0) is 4.79 Å². The fourth-order valence-electron chi connectivity index (χ4n) is 2.29. The van der Waals surface area contributed by atoms with E-state index in [9.17, 15) is 9.59 Å². The van der Waals surface area contributed by atoms with Gasteiger partial charge >= 0.3 is 5.97 Å². The van der Waals surface area contributed by atoms with Crippen molar-refractivity contribution < 1.29 is 14.7 Å². The number of halogens is 2. The van der Waals surface area contributed by atoms with Crippen molar-refractivity contribution in [2.45, 2.75) is 6.92 Å². The molecule has 1 aromatic carbocycles. The average molecular weight is 438 g/mol. The zero-order valence-corrected chi connectivity index (χ0v) is 14.0. The molecule has 1 amide bonds. The first-order valence-electron chi connectivity index (χ1n) is 5.87. The lowest BCUT2D eigenvalue weighted by molar-refractivity contribution is -0.142. The second-order valence-electron chi connectivity index (χ2n) is 4.76. The molecular formula is C13H13BrINO3. The van der Waals surface area contributed by atoms with Gasteiger partial charge in [-0.15, -0.1) is 0 Å². The van der Waals surface area contributed by atoms with Crippen molar-refractivity contribution in [3.8, 4) is 0 Å². The quantitative estimate of drug-likeness (QED) is 0.724. The molecule has 4 nitrogen and oxygen atoms in total. The summed E-state index contributed by atoms with van der Waals surface area (Å²) in [5.41, 5.74) is 0.619. The first-order valence-corrected chi connectivity index (χ1v) is 7.74. The van der Waals surface area contributed by atoms with Crippen LogP contribution in [0.5, 0.6) is 0 Å². The van der Waals surface area contributed by atoms with E-state index in [1.54, 1.807) is 11.0 Å². The number of benzene rings is 1. The van der Waals surface area contributed by atoms with Crippen LogP contribution in [0.4, 0.5) is 0 Å². The molecule has 2 atom stereocenters. The lowest BCUT2D eigenvalue weighted by atomic mass is 9.99. The summed E-state index contributed by atoms with van der Waals surface area (Å²) < 4.78 is 1.72. The van der Waals surface area contributed by atoms with Gasteiger partial charge < -0.3 is 10.0 Å². The molecule has 1 saturated heterocycles. The highest BCUT2D eigenvalue weighted by molar-refractivity contribution is 14.1. The molecule has 0 spiro atoms. The van der Waals surface area contributed by atoms with E-state index in [1.807, 2.05) is 19.1 Å². The molecule has 1 N–H and O–H groups in total. The van der Waals surface area contributed by atoms with Gasteiger partial charge in [-0.1, -0.05) is 22.9 Å². The van der Waals surface area contributed by atoms with Crippen molar-refractivity contribution in [2.75, 3.05) is 13.1 Å². The fourth-order valence-corrected chi connectivity index (χ4v) is 3.21. The number of carbonyl (C=O) groups is 2. The van der Waals surface area contributed by atoms with Crippen molar-refractivity contribution >= 4 is 50.4 Å². The zero-order chi connectivity index (χ0) is 14.2. The Morgan fingerprint density at radius 3 is 2.68 bits per heavy atom. The van der Waals surface area contributed by atoms with Gasteiger partial charge in [-0.05, 0) is 46.7 Å². The molecule has 1 aliphatic rings. The summed E-state index contributed by atoms with van der Waals surface area (Å²) in [5, 5.41) is 9.11. The summed E-state index contributed by atoms with van der Waals surface area (Å²) in [7, 11) is 0. The highest BCUT2D eigenvalue weighted by atomic mass is 127. The summed E-state index contributed by atoms with van der Waals surface area (Å²) in [6, 6.07) is 5.53. The molecule has 0 bridgehead atoms. The minimum absolute atomic E-state index is 0.00809. The van der Waals surface area contributed by atoms with Crippen LogP contribution in [0, 0.1) is 15.4 Å². The Morgan fingerprint density at radius 1 is 1.42 bits per heavy atom. The zero-order valence-electron chi connectivity index (χ0n) is 10.3. The number of aliphatic carboxylic acids is 1. The van der Waals surface area contributed by atoms with E-state index < -0.39 is 11.9 Å². The molecule has 0 aliphatic carbocycles. The third-order valence-corrected chi connectivity index (χ3v) is 4.81. The summed E-state index contributed by atoms with van der Waals surface area (Å²) in [6.45, 7) is 2.66. The fraction of sp³-hybridized carbons (Fsp3) is 0.385. The van der Waals surface area contributed by atoms with Gasteiger partial charge in [-0.2, -0.15) is 0 Å². The standard InChI is InChI=1S/C13H13BrINO3/c1-7-5-16(6-10(7)13(18)19)12(17)9-4-8(14)2-3-11(9)15/h2-4,7,10H,5-6H2,1H3,(H,18,19). The maximum atomic E-state index is 12.4. The number of hydrogen-bond donors (Lipinski definition) is 1. The Balaban J connectivity index is 2.22. The Bertz CT molecular complexity index is 535. The number of carboxylic acid groups (broad SMARTS) is 1. The maximum Gasteiger partial charge on any atom is 0.308 e. The molecule has 102 valence electrons. The van der Waals surface area contributed by atoms with Gasteiger partial charge in [0.25, 0.3) is 5.91 Å². The van der Waals surface area contributed by atoms with E-state index in [0.29, 0.717) is 12.1 Å². The van der Waals surface area contributed by atoms with Gasteiger partial charge in [0.05, 0.1) is 11.5 Å². The lowest BCUT2D eigenvalue weighted by Crippen LogP contribution is -2.30. The molecule has 2 unspecified atom stereocenters. The van der Waals surface area contributed by atoms with Crippen LogP contribution >= 0.6 is 38.5 Å². The molecule has 2 rings (SSSR count). The van der Waals surface area contributed by atoms with Crippen molar-refractivity contribution in [3.05, 3.63) is 31.8 Å². The minimum Gasteiger partial charge on any atom is -0.481 e. The van der Waals surface area contributed by atoms with E-state index in [-0.39, 0.29) is 18.4 Å². The average Bonchev–Trinajstić information content (AvgIpc) is 2.74. The first-order chi connectivity index (χ1) is 8.90. The maximum absolute atomic E-state index is 12.4. The van der Waals surface area contributed by atoms with Crippen LogP contribution in [0.25, 0.3) is 0 Å². The second kappa shape index (κ2) is 5.78. The normalized spacial score (nSPS) is 22.6. The lowest BCUT2D eigenvalue weighted by Gasteiger charge is -2.17. The van der Waals surface area contributed by atoms with Crippen molar-refractivity contribution in [1.29, 1.82) is 0 Å². The highest BCUT2D eigenvalue weighted by Crippen LogP contribution is 2.27. The van der Waals surface area contributed by atoms with Crippen molar-refractivity contribution in [1.82, 2.24) is 4.90 Å². The van der Waals surface area contributed by atoms with Crippen molar-refractivity contribution in [3.63, 3.8) is 0 Å². The number of hydrogen-bond acceptors (Lipinski definition) is 2. The van der Waals surface area contributed by atoms with Crippen LogP contribution in [-0.4, -0.2) is 35.0 Å². The third-order valence-electron chi connectivity index (χ3n) is 3.38. The summed E-state index contributed by atoms with van der Waals surface area (Å²) in [6.07, 6.45) is 0. The number of carbonyl (C=O) groups excluding carboxylic acids is 1. The monoisotopic (exact) mass is 437 g/mol. The Morgan fingerprint density at radius 2 is 2.11 bits per heavy atom. The Kier molecular flexibility index (Phi) is 4.50. The number of rotatable bonds is 2. The molecule has 1 fully saturated rings. The highest BCUT2D eigenvalue weighted by Gasteiger charge is 2.37. The number of amides is 1. The van der Waals surface area contributed by atoms with E-state index in [1.165, 1.54) is 0 Å². The van der Waals surface area contributed by atoms with Gasteiger partial charge in [0, 0.05) is 21.1 Å². The largest absolute Gasteiger partial charge is 0.481 e. The van der Waals surface area contributed by atoms with E-state index in [0.717, 1.165) is 8.04 Å². The van der Waals surface area contributed by atoms with Gasteiger partial charge in [0.1, 0.15) is 0 Å². The van der Waals surface area contributed by atoms with Crippen LogP contribution in [0.1, 0.15) is 17.3 Å². The van der Waals surface area contributed by atoms with Gasteiger partial charge in [0.2, 0.25) is 0 Å². The number of nitrogens with zero attached hydrogens (tertiary/aromatic N) is 1. The number of likely N-dealkylation sites (tertiary alicyclic amines) is 1. The third kappa shape index (κ3) is 3.10. The van der Waals surface area contributed by atoms with Gasteiger partial charge in [-0.3, -0.25) is 9.59 Å². The molecular weight excluding hydrogens is 425 g/mol. The van der Waals surface area contributed by atoms with Crippen LogP contribution in [0.2, 0.25) is 0 Å². The molecule has 1 heterocycles. The summed E-state index contributed by atoms with van der Waals surface area (Å²) >= 11 is 5.47. The molecule has 1 aromatic rings. The second-order valence-corrected chi connectivity index (χ2v) is 6.83. The topological polar surface area (TPSA) is 57.6 Å². The predicted octanol–water partition coefficient (Wildman–Crippen LogP) is 2.85. The predicted molar refractivity (Wildman–Crippen MR) is 83.1 cm³/mol. The molecule has 6 heteroatoms. The Labute approximate surface area is 133 Å². The summed E-state index contributed by atoms with van der Waals surface area (Å²) in [5.74, 6) is -1.40.